The third-order valence-corrected chi connectivity index (χ3v) is 3.38. The summed E-state index contributed by atoms with van der Waals surface area (Å²) in [4.78, 5) is 0. The van der Waals surface area contributed by atoms with E-state index in [4.69, 9.17) is 5.11 Å². The van der Waals surface area contributed by atoms with Crippen LogP contribution in [0.5, 0.6) is 0 Å². The van der Waals surface area contributed by atoms with E-state index in [1.165, 1.54) is 24.3 Å². The average molecular weight is 247 g/mol. The molecule has 0 aromatic heterocycles. The van der Waals surface area contributed by atoms with E-state index in [0.29, 0.717) is 5.56 Å². The van der Waals surface area contributed by atoms with Gasteiger partial charge in [0.15, 0.2) is 0 Å². The average Bonchev–Trinajstić information content (AvgIpc) is 2.15. The second kappa shape index (κ2) is 5.38. The van der Waals surface area contributed by atoms with Gasteiger partial charge in [-0.1, -0.05) is 12.1 Å². The lowest BCUT2D eigenvalue weighted by Gasteiger charge is -2.11. The highest BCUT2D eigenvalue weighted by Crippen LogP contribution is 2.07. The first-order valence-corrected chi connectivity index (χ1v) is 6.43. The molecule has 0 saturated heterocycles. The number of benzene rings is 1. The van der Waals surface area contributed by atoms with Crippen LogP contribution >= 0.6 is 0 Å². The van der Waals surface area contributed by atoms with Gasteiger partial charge in [-0.15, -0.1) is 0 Å². The molecule has 0 unspecified atom stereocenters. The number of rotatable bonds is 5. The molecule has 1 rings (SSSR count). The van der Waals surface area contributed by atoms with Gasteiger partial charge in [0.25, 0.3) is 0 Å². The summed E-state index contributed by atoms with van der Waals surface area (Å²) in [6.07, 6.45) is 0. The zero-order valence-corrected chi connectivity index (χ0v) is 9.67. The maximum absolute atomic E-state index is 12.8. The predicted molar refractivity (Wildman–Crippen MR) is 58.7 cm³/mol. The molecule has 0 spiro atoms. The van der Waals surface area contributed by atoms with Crippen LogP contribution in [0.1, 0.15) is 12.5 Å². The Balaban J connectivity index is 2.73. The molecule has 0 fully saturated rings. The molecule has 90 valence electrons. The molecule has 1 atom stereocenters. The van der Waals surface area contributed by atoms with Crippen LogP contribution in [-0.4, -0.2) is 26.2 Å². The molecular formula is C10H14FNO3S. The van der Waals surface area contributed by atoms with Gasteiger partial charge < -0.3 is 5.11 Å². The van der Waals surface area contributed by atoms with Crippen LogP contribution in [0.3, 0.4) is 0 Å². The Labute approximate surface area is 94.2 Å². The molecule has 0 aliphatic rings. The van der Waals surface area contributed by atoms with Gasteiger partial charge in [0.2, 0.25) is 10.0 Å². The minimum atomic E-state index is -3.54. The number of aliphatic hydroxyl groups excluding tert-OH is 1. The third kappa shape index (κ3) is 4.26. The molecule has 0 aliphatic heterocycles. The smallest absolute Gasteiger partial charge is 0.216 e. The van der Waals surface area contributed by atoms with Crippen molar-refractivity contribution in [2.45, 2.75) is 18.7 Å². The molecule has 2 N–H and O–H groups in total. The largest absolute Gasteiger partial charge is 0.395 e. The molecule has 0 amide bonds. The van der Waals surface area contributed by atoms with E-state index in [2.05, 4.69) is 4.72 Å². The summed E-state index contributed by atoms with van der Waals surface area (Å²) in [5.41, 5.74) is 0.373. The highest BCUT2D eigenvalue weighted by atomic mass is 32.2. The second-order valence-corrected chi connectivity index (χ2v) is 5.34. The summed E-state index contributed by atoms with van der Waals surface area (Å²) in [5.74, 6) is -0.766. The SMILES string of the molecule is C[C@H](CO)NS(=O)(=O)Cc1cccc(F)c1. The highest BCUT2D eigenvalue weighted by molar-refractivity contribution is 7.88. The van der Waals surface area contributed by atoms with Crippen molar-refractivity contribution in [1.29, 1.82) is 0 Å². The highest BCUT2D eigenvalue weighted by Gasteiger charge is 2.14. The van der Waals surface area contributed by atoms with E-state index in [1.54, 1.807) is 6.92 Å². The minimum Gasteiger partial charge on any atom is -0.395 e. The van der Waals surface area contributed by atoms with Gasteiger partial charge in [0.1, 0.15) is 5.82 Å². The van der Waals surface area contributed by atoms with Gasteiger partial charge >= 0.3 is 0 Å². The fraction of sp³-hybridized carbons (Fsp3) is 0.400. The van der Waals surface area contributed by atoms with Gasteiger partial charge in [-0.2, -0.15) is 0 Å². The van der Waals surface area contributed by atoms with Crippen molar-refractivity contribution in [3.05, 3.63) is 35.6 Å². The van der Waals surface area contributed by atoms with Crippen LogP contribution in [0, 0.1) is 5.82 Å². The van der Waals surface area contributed by atoms with Gasteiger partial charge in [-0.25, -0.2) is 17.5 Å². The quantitative estimate of drug-likeness (QED) is 0.802. The molecule has 16 heavy (non-hydrogen) atoms. The number of halogens is 1. The van der Waals surface area contributed by atoms with Crippen molar-refractivity contribution in [1.82, 2.24) is 4.72 Å². The molecule has 1 aromatic rings. The summed E-state index contributed by atoms with van der Waals surface area (Å²) < 4.78 is 38.2. The fourth-order valence-corrected chi connectivity index (χ4v) is 2.62. The number of aliphatic hydroxyl groups is 1. The van der Waals surface area contributed by atoms with E-state index in [0.717, 1.165) is 0 Å². The summed E-state index contributed by atoms with van der Waals surface area (Å²) in [5, 5.41) is 8.72. The molecule has 1 aromatic carbocycles. The Hall–Kier alpha value is -0.980. The minimum absolute atomic E-state index is 0.275. The number of hydrogen-bond acceptors (Lipinski definition) is 3. The monoisotopic (exact) mass is 247 g/mol. The van der Waals surface area contributed by atoms with E-state index < -0.39 is 21.9 Å². The van der Waals surface area contributed by atoms with Gasteiger partial charge in [-0.3, -0.25) is 0 Å². The first kappa shape index (κ1) is 13.1. The lowest BCUT2D eigenvalue weighted by Crippen LogP contribution is -2.35. The molecule has 4 nitrogen and oxygen atoms in total. The molecular weight excluding hydrogens is 233 g/mol. The van der Waals surface area contributed by atoms with Crippen LogP contribution in [0.4, 0.5) is 4.39 Å². The molecule has 0 heterocycles. The van der Waals surface area contributed by atoms with Crippen molar-refractivity contribution < 1.29 is 17.9 Å². The van der Waals surface area contributed by atoms with E-state index in [9.17, 15) is 12.8 Å². The predicted octanol–water partition coefficient (Wildman–Crippen LogP) is 0.626. The Morgan fingerprint density at radius 2 is 2.19 bits per heavy atom. The van der Waals surface area contributed by atoms with Crippen molar-refractivity contribution >= 4 is 10.0 Å². The number of hydrogen-bond donors (Lipinski definition) is 2. The molecule has 6 heteroatoms. The van der Waals surface area contributed by atoms with E-state index in [-0.39, 0.29) is 12.4 Å². The Morgan fingerprint density at radius 1 is 1.50 bits per heavy atom. The summed E-state index contributed by atoms with van der Waals surface area (Å²) >= 11 is 0. The van der Waals surface area contributed by atoms with Crippen LogP contribution < -0.4 is 4.72 Å². The Bertz CT molecular complexity index is 447. The van der Waals surface area contributed by atoms with E-state index >= 15 is 0 Å². The standard InChI is InChI=1S/C10H14FNO3S/c1-8(6-13)12-16(14,15)7-9-3-2-4-10(11)5-9/h2-5,8,12-13H,6-7H2,1H3/t8-/m1/s1. The lowest BCUT2D eigenvalue weighted by molar-refractivity contribution is 0.265. The van der Waals surface area contributed by atoms with Crippen molar-refractivity contribution in [3.8, 4) is 0 Å². The maximum Gasteiger partial charge on any atom is 0.216 e. The zero-order valence-electron chi connectivity index (χ0n) is 8.85. The third-order valence-electron chi connectivity index (χ3n) is 1.90. The van der Waals surface area contributed by atoms with Crippen LogP contribution in [0.15, 0.2) is 24.3 Å². The number of sulfonamides is 1. The van der Waals surface area contributed by atoms with Crippen LogP contribution in [0.2, 0.25) is 0 Å². The summed E-state index contributed by atoms with van der Waals surface area (Å²) in [6, 6.07) is 4.86. The first-order chi connectivity index (χ1) is 7.43. The summed E-state index contributed by atoms with van der Waals surface area (Å²) in [7, 11) is -3.54. The molecule has 0 bridgehead atoms. The Kier molecular flexibility index (Phi) is 4.40. The second-order valence-electron chi connectivity index (χ2n) is 3.59. The van der Waals surface area contributed by atoms with Crippen molar-refractivity contribution in [2.75, 3.05) is 6.61 Å². The Morgan fingerprint density at radius 3 is 2.75 bits per heavy atom. The first-order valence-electron chi connectivity index (χ1n) is 4.78. The van der Waals surface area contributed by atoms with Crippen molar-refractivity contribution in [3.63, 3.8) is 0 Å². The summed E-state index contributed by atoms with van der Waals surface area (Å²) in [6.45, 7) is 1.27. The van der Waals surface area contributed by atoms with Gasteiger partial charge in [-0.05, 0) is 24.6 Å². The number of nitrogens with one attached hydrogen (secondary N) is 1. The normalized spacial score (nSPS) is 13.7. The van der Waals surface area contributed by atoms with Crippen molar-refractivity contribution in [2.24, 2.45) is 0 Å². The van der Waals surface area contributed by atoms with E-state index in [1.807, 2.05) is 0 Å². The van der Waals surface area contributed by atoms with Gasteiger partial charge in [0.05, 0.1) is 12.4 Å². The topological polar surface area (TPSA) is 66.4 Å². The maximum atomic E-state index is 12.8. The fourth-order valence-electron chi connectivity index (χ4n) is 1.23. The molecule has 0 aliphatic carbocycles. The zero-order chi connectivity index (χ0) is 12.2. The lowest BCUT2D eigenvalue weighted by atomic mass is 10.2. The van der Waals surface area contributed by atoms with Crippen LogP contribution in [0.25, 0.3) is 0 Å². The van der Waals surface area contributed by atoms with Crippen LogP contribution in [-0.2, 0) is 15.8 Å². The molecule has 0 radical (unpaired) electrons. The van der Waals surface area contributed by atoms with Gasteiger partial charge in [0, 0.05) is 6.04 Å². The molecule has 0 saturated carbocycles.